The topological polar surface area (TPSA) is 64.3 Å². The molecule has 2 N–H and O–H groups in total. The molecule has 1 aliphatic heterocycles. The predicted octanol–water partition coefficient (Wildman–Crippen LogP) is 0.798. The molecule has 0 radical (unpaired) electrons. The minimum Gasteiger partial charge on any atom is -0.381 e. The molecule has 17 heavy (non-hydrogen) atoms. The Kier molecular flexibility index (Phi) is 4.28. The van der Waals surface area contributed by atoms with Gasteiger partial charge < -0.3 is 15.4 Å². The van der Waals surface area contributed by atoms with Gasteiger partial charge in [0.05, 0.1) is 6.61 Å². The quantitative estimate of drug-likeness (QED) is 0.837. The van der Waals surface area contributed by atoms with E-state index < -0.39 is 0 Å². The van der Waals surface area contributed by atoms with Crippen molar-refractivity contribution in [2.24, 2.45) is 11.7 Å². The summed E-state index contributed by atoms with van der Waals surface area (Å²) in [4.78, 5) is 10.7. The highest BCUT2D eigenvalue weighted by molar-refractivity contribution is 5.28. The third-order valence-electron chi connectivity index (χ3n) is 3.06. The van der Waals surface area contributed by atoms with E-state index in [1.807, 2.05) is 7.05 Å². The van der Waals surface area contributed by atoms with Crippen molar-refractivity contribution in [1.29, 1.82) is 0 Å². The van der Waals surface area contributed by atoms with Crippen molar-refractivity contribution in [1.82, 2.24) is 9.97 Å². The van der Waals surface area contributed by atoms with Crippen LogP contribution in [-0.2, 0) is 11.3 Å². The lowest BCUT2D eigenvalue weighted by atomic mass is 10.0. The minimum absolute atomic E-state index is 0.487. The van der Waals surface area contributed by atoms with Crippen LogP contribution in [0.5, 0.6) is 0 Å². The van der Waals surface area contributed by atoms with Crippen LogP contribution in [0.4, 0.5) is 5.95 Å². The van der Waals surface area contributed by atoms with Gasteiger partial charge in [0, 0.05) is 44.7 Å². The number of ether oxygens (including phenoxy) is 1. The first kappa shape index (κ1) is 12.3. The maximum atomic E-state index is 5.52. The van der Waals surface area contributed by atoms with Gasteiger partial charge in [-0.1, -0.05) is 0 Å². The average molecular weight is 236 g/mol. The van der Waals surface area contributed by atoms with Gasteiger partial charge in [-0.3, -0.25) is 0 Å². The molecular weight excluding hydrogens is 216 g/mol. The van der Waals surface area contributed by atoms with Gasteiger partial charge in [-0.15, -0.1) is 0 Å². The summed E-state index contributed by atoms with van der Waals surface area (Å²) in [5.74, 6) is 1.35. The molecule has 1 aliphatic rings. The van der Waals surface area contributed by atoms with Crippen molar-refractivity contribution in [3.8, 4) is 0 Å². The molecule has 2 rings (SSSR count). The van der Waals surface area contributed by atoms with E-state index in [0.717, 1.165) is 37.7 Å². The lowest BCUT2D eigenvalue weighted by Crippen LogP contribution is -2.31. The van der Waals surface area contributed by atoms with E-state index >= 15 is 0 Å². The number of hydrogen-bond donors (Lipinski definition) is 1. The summed E-state index contributed by atoms with van der Waals surface area (Å²) in [6, 6.07) is 0. The number of nitrogens with two attached hydrogens (primary N) is 1. The fraction of sp³-hybridized carbons (Fsp3) is 0.667. The molecule has 1 unspecified atom stereocenters. The van der Waals surface area contributed by atoms with Crippen molar-refractivity contribution >= 4 is 5.95 Å². The van der Waals surface area contributed by atoms with Crippen LogP contribution in [0.3, 0.4) is 0 Å². The van der Waals surface area contributed by atoms with Crippen LogP contribution in [0.25, 0.3) is 0 Å². The molecule has 5 nitrogen and oxygen atoms in total. The first-order chi connectivity index (χ1) is 8.29. The van der Waals surface area contributed by atoms with Crippen molar-refractivity contribution in [3.63, 3.8) is 0 Å². The monoisotopic (exact) mass is 236 g/mol. The van der Waals surface area contributed by atoms with Gasteiger partial charge in [0.15, 0.2) is 0 Å². The SMILES string of the molecule is CN(CC1CCCOC1)c1ncc(CN)cn1. The second kappa shape index (κ2) is 5.93. The van der Waals surface area contributed by atoms with Crippen molar-refractivity contribution in [2.75, 3.05) is 31.7 Å². The molecule has 1 fully saturated rings. The Labute approximate surface area is 102 Å². The molecule has 0 amide bonds. The fourth-order valence-electron chi connectivity index (χ4n) is 2.07. The van der Waals surface area contributed by atoms with E-state index in [9.17, 15) is 0 Å². The predicted molar refractivity (Wildman–Crippen MR) is 66.7 cm³/mol. The zero-order valence-electron chi connectivity index (χ0n) is 10.3. The molecule has 0 aromatic carbocycles. The third-order valence-corrected chi connectivity index (χ3v) is 3.06. The smallest absolute Gasteiger partial charge is 0.225 e. The first-order valence-corrected chi connectivity index (χ1v) is 6.09. The summed E-state index contributed by atoms with van der Waals surface area (Å²) in [6.07, 6.45) is 5.96. The van der Waals surface area contributed by atoms with Gasteiger partial charge in [-0.25, -0.2) is 9.97 Å². The molecule has 0 bridgehead atoms. The lowest BCUT2D eigenvalue weighted by molar-refractivity contribution is 0.0575. The van der Waals surface area contributed by atoms with Gasteiger partial charge in [0.2, 0.25) is 5.95 Å². The number of aromatic nitrogens is 2. The summed E-state index contributed by atoms with van der Waals surface area (Å²) < 4.78 is 5.47. The van der Waals surface area contributed by atoms with Crippen LogP contribution < -0.4 is 10.6 Å². The van der Waals surface area contributed by atoms with Gasteiger partial charge in [-0.2, -0.15) is 0 Å². The van der Waals surface area contributed by atoms with Crippen LogP contribution in [0.15, 0.2) is 12.4 Å². The highest BCUT2D eigenvalue weighted by atomic mass is 16.5. The zero-order valence-corrected chi connectivity index (χ0v) is 10.3. The molecule has 1 aromatic heterocycles. The summed E-state index contributed by atoms with van der Waals surface area (Å²) in [5, 5.41) is 0. The average Bonchev–Trinajstić information content (AvgIpc) is 2.40. The van der Waals surface area contributed by atoms with Gasteiger partial charge in [0.25, 0.3) is 0 Å². The Bertz CT molecular complexity index is 335. The van der Waals surface area contributed by atoms with E-state index in [1.54, 1.807) is 12.4 Å². The van der Waals surface area contributed by atoms with Gasteiger partial charge >= 0.3 is 0 Å². The Balaban J connectivity index is 1.91. The van der Waals surface area contributed by atoms with Crippen LogP contribution in [-0.4, -0.2) is 36.8 Å². The Morgan fingerprint density at radius 1 is 1.47 bits per heavy atom. The van der Waals surface area contributed by atoms with E-state index in [4.69, 9.17) is 10.5 Å². The summed E-state index contributed by atoms with van der Waals surface area (Å²) in [5.41, 5.74) is 6.48. The molecule has 0 aliphatic carbocycles. The van der Waals surface area contributed by atoms with Crippen LogP contribution in [0.2, 0.25) is 0 Å². The Morgan fingerprint density at radius 3 is 2.82 bits per heavy atom. The number of nitrogens with zero attached hydrogens (tertiary/aromatic N) is 3. The molecule has 0 spiro atoms. The van der Waals surface area contributed by atoms with Gasteiger partial charge in [-0.05, 0) is 18.8 Å². The summed E-state index contributed by atoms with van der Waals surface area (Å²) >= 11 is 0. The maximum Gasteiger partial charge on any atom is 0.225 e. The summed E-state index contributed by atoms with van der Waals surface area (Å²) in [6.45, 7) is 3.19. The minimum atomic E-state index is 0.487. The van der Waals surface area contributed by atoms with E-state index in [-0.39, 0.29) is 0 Å². The standard InChI is InChI=1S/C12H20N4O/c1-16(8-10-3-2-4-17-9-10)12-14-6-11(5-13)7-15-12/h6-7,10H,2-5,8-9,13H2,1H3. The number of hydrogen-bond acceptors (Lipinski definition) is 5. The largest absolute Gasteiger partial charge is 0.381 e. The Morgan fingerprint density at radius 2 is 2.24 bits per heavy atom. The molecule has 2 heterocycles. The number of anilines is 1. The van der Waals surface area contributed by atoms with E-state index in [1.165, 1.54) is 6.42 Å². The molecule has 0 saturated carbocycles. The molecule has 94 valence electrons. The second-order valence-corrected chi connectivity index (χ2v) is 4.56. The van der Waals surface area contributed by atoms with Crippen molar-refractivity contribution < 1.29 is 4.74 Å². The lowest BCUT2D eigenvalue weighted by Gasteiger charge is -2.27. The van der Waals surface area contributed by atoms with Crippen LogP contribution in [0.1, 0.15) is 18.4 Å². The molecule has 1 saturated heterocycles. The van der Waals surface area contributed by atoms with E-state index in [0.29, 0.717) is 12.5 Å². The second-order valence-electron chi connectivity index (χ2n) is 4.56. The van der Waals surface area contributed by atoms with Crippen molar-refractivity contribution in [2.45, 2.75) is 19.4 Å². The normalized spacial score (nSPS) is 20.2. The van der Waals surface area contributed by atoms with Crippen molar-refractivity contribution in [3.05, 3.63) is 18.0 Å². The first-order valence-electron chi connectivity index (χ1n) is 6.09. The maximum absolute atomic E-state index is 5.52. The fourth-order valence-corrected chi connectivity index (χ4v) is 2.07. The van der Waals surface area contributed by atoms with E-state index in [2.05, 4.69) is 14.9 Å². The van der Waals surface area contributed by atoms with Gasteiger partial charge in [0.1, 0.15) is 0 Å². The Hall–Kier alpha value is -1.20. The molecule has 1 atom stereocenters. The molecular formula is C12H20N4O. The molecule has 1 aromatic rings. The molecule has 5 heteroatoms. The van der Waals surface area contributed by atoms with Crippen LogP contribution in [0, 0.1) is 5.92 Å². The third kappa shape index (κ3) is 3.38. The highest BCUT2D eigenvalue weighted by Gasteiger charge is 2.17. The van der Waals surface area contributed by atoms with Crippen LogP contribution >= 0.6 is 0 Å². The zero-order chi connectivity index (χ0) is 12.1. The highest BCUT2D eigenvalue weighted by Crippen LogP contribution is 2.16. The summed E-state index contributed by atoms with van der Waals surface area (Å²) in [7, 11) is 2.02. The number of rotatable bonds is 4.